The van der Waals surface area contributed by atoms with E-state index in [9.17, 15) is 4.79 Å². The van der Waals surface area contributed by atoms with Gasteiger partial charge in [-0.15, -0.1) is 0 Å². The van der Waals surface area contributed by atoms with Crippen molar-refractivity contribution in [3.63, 3.8) is 0 Å². The molecular weight excluding hydrogens is 350 g/mol. The third-order valence-electron chi connectivity index (χ3n) is 3.77. The first kappa shape index (κ1) is 15.1. The minimum absolute atomic E-state index is 0.282. The Labute approximate surface area is 136 Å². The Bertz CT molecular complexity index is 634. The largest absolute Gasteiger partial charge is 0.489 e. The fraction of sp³-hybridized carbons (Fsp3) is 0.333. The summed E-state index contributed by atoms with van der Waals surface area (Å²) in [5, 5.41) is 3.31. The molecule has 6 nitrogen and oxygen atoms in total. The number of halogens is 1. The Morgan fingerprint density at radius 3 is 3.09 bits per heavy atom. The normalized spacial score (nSPS) is 21.6. The van der Waals surface area contributed by atoms with Gasteiger partial charge in [-0.3, -0.25) is 9.78 Å². The number of carbonyl (C=O) groups is 1. The zero-order chi connectivity index (χ0) is 15.4. The highest BCUT2D eigenvalue weighted by Gasteiger charge is 2.44. The lowest BCUT2D eigenvalue weighted by Crippen LogP contribution is -2.61. The lowest BCUT2D eigenvalue weighted by molar-refractivity contribution is -0.128. The topological polar surface area (TPSA) is 67.6 Å². The van der Waals surface area contributed by atoms with Crippen molar-refractivity contribution in [1.82, 2.24) is 15.2 Å². The predicted molar refractivity (Wildman–Crippen MR) is 83.5 cm³/mol. The summed E-state index contributed by atoms with van der Waals surface area (Å²) >= 11 is 3.32. The van der Waals surface area contributed by atoms with Crippen LogP contribution in [0.15, 0.2) is 45.7 Å². The predicted octanol–water partition coefficient (Wildman–Crippen LogP) is 1.77. The van der Waals surface area contributed by atoms with Gasteiger partial charge in [0.2, 0.25) is 6.41 Å². The van der Waals surface area contributed by atoms with Gasteiger partial charge in [-0.1, -0.05) is 0 Å². The highest BCUT2D eigenvalue weighted by Crippen LogP contribution is 2.32. The first-order chi connectivity index (χ1) is 10.7. The first-order valence-electron chi connectivity index (χ1n) is 6.96. The van der Waals surface area contributed by atoms with E-state index < -0.39 is 5.54 Å². The molecule has 1 atom stereocenters. The Balaban J connectivity index is 1.90. The van der Waals surface area contributed by atoms with Gasteiger partial charge in [-0.05, 0) is 40.2 Å². The van der Waals surface area contributed by atoms with Crippen LogP contribution in [0.4, 0.5) is 0 Å². The van der Waals surface area contributed by atoms with Crippen LogP contribution in [-0.2, 0) is 10.3 Å². The number of amides is 1. The molecule has 1 amide bonds. The molecule has 0 spiro atoms. The van der Waals surface area contributed by atoms with E-state index in [-0.39, 0.29) is 6.61 Å². The van der Waals surface area contributed by atoms with E-state index in [0.29, 0.717) is 29.3 Å². The second-order valence-electron chi connectivity index (χ2n) is 5.09. The Kier molecular flexibility index (Phi) is 4.44. The summed E-state index contributed by atoms with van der Waals surface area (Å²) in [6.45, 7) is 2.18. The number of pyridine rings is 1. The van der Waals surface area contributed by atoms with Crippen molar-refractivity contribution in [2.75, 3.05) is 26.2 Å². The maximum absolute atomic E-state index is 11.5. The third-order valence-corrected chi connectivity index (χ3v) is 4.19. The van der Waals surface area contributed by atoms with Crippen LogP contribution >= 0.6 is 15.9 Å². The van der Waals surface area contributed by atoms with Crippen molar-refractivity contribution < 1.29 is 13.9 Å². The second kappa shape index (κ2) is 6.50. The van der Waals surface area contributed by atoms with Crippen molar-refractivity contribution in [3.8, 4) is 5.75 Å². The molecule has 0 saturated carbocycles. The highest BCUT2D eigenvalue weighted by atomic mass is 79.9. The Morgan fingerprint density at radius 1 is 1.50 bits per heavy atom. The molecule has 0 aromatic carbocycles. The molecule has 7 heteroatoms. The molecule has 1 aliphatic rings. The number of ether oxygens (including phenoxy) is 1. The maximum Gasteiger partial charge on any atom is 0.210 e. The number of hydrogen-bond donors (Lipinski definition) is 1. The standard InChI is InChI=1S/C15H16BrN3O3/c16-14-4-3-13(22-14)15(9-18-6-7-19(15)11-20)10-21-12-2-1-5-17-8-12/h1-5,8,11,18H,6-7,9-10H2. The molecule has 0 radical (unpaired) electrons. The first-order valence-corrected chi connectivity index (χ1v) is 7.75. The van der Waals surface area contributed by atoms with E-state index in [1.54, 1.807) is 17.3 Å². The van der Waals surface area contributed by atoms with Crippen molar-refractivity contribution in [2.24, 2.45) is 0 Å². The van der Waals surface area contributed by atoms with Crippen LogP contribution in [-0.4, -0.2) is 42.5 Å². The van der Waals surface area contributed by atoms with Crippen LogP contribution in [0.25, 0.3) is 0 Å². The monoisotopic (exact) mass is 365 g/mol. The molecule has 1 N–H and O–H groups in total. The lowest BCUT2D eigenvalue weighted by Gasteiger charge is -2.43. The van der Waals surface area contributed by atoms with Gasteiger partial charge in [0.25, 0.3) is 0 Å². The van der Waals surface area contributed by atoms with Crippen LogP contribution < -0.4 is 10.1 Å². The molecule has 3 heterocycles. The van der Waals surface area contributed by atoms with Crippen molar-refractivity contribution in [3.05, 3.63) is 47.1 Å². The van der Waals surface area contributed by atoms with E-state index in [2.05, 4.69) is 26.2 Å². The smallest absolute Gasteiger partial charge is 0.210 e. The van der Waals surface area contributed by atoms with Gasteiger partial charge in [0.1, 0.15) is 23.7 Å². The average Bonchev–Trinajstić information content (AvgIpc) is 3.01. The van der Waals surface area contributed by atoms with Gasteiger partial charge in [0.05, 0.1) is 6.20 Å². The molecule has 0 bridgehead atoms. The molecule has 2 aromatic heterocycles. The number of furan rings is 1. The number of piperazine rings is 1. The molecule has 1 saturated heterocycles. The maximum atomic E-state index is 11.5. The van der Waals surface area contributed by atoms with Crippen LogP contribution in [0, 0.1) is 0 Å². The zero-order valence-corrected chi connectivity index (χ0v) is 13.5. The summed E-state index contributed by atoms with van der Waals surface area (Å²) in [6.07, 6.45) is 4.18. The number of rotatable bonds is 5. The van der Waals surface area contributed by atoms with Crippen LogP contribution in [0.3, 0.4) is 0 Å². The fourth-order valence-corrected chi connectivity index (χ4v) is 2.90. The van der Waals surface area contributed by atoms with E-state index in [4.69, 9.17) is 9.15 Å². The van der Waals surface area contributed by atoms with Gasteiger partial charge in [-0.2, -0.15) is 0 Å². The van der Waals surface area contributed by atoms with Gasteiger partial charge >= 0.3 is 0 Å². The van der Waals surface area contributed by atoms with Gasteiger partial charge < -0.3 is 19.4 Å². The number of hydrogen-bond acceptors (Lipinski definition) is 5. The number of carbonyl (C=O) groups excluding carboxylic acids is 1. The minimum atomic E-state index is -0.679. The molecule has 116 valence electrons. The summed E-state index contributed by atoms with van der Waals surface area (Å²) < 4.78 is 12.2. The Morgan fingerprint density at radius 2 is 2.41 bits per heavy atom. The summed E-state index contributed by atoms with van der Waals surface area (Å²) in [4.78, 5) is 17.3. The quantitative estimate of drug-likeness (QED) is 0.817. The van der Waals surface area contributed by atoms with Gasteiger partial charge in [-0.25, -0.2) is 0 Å². The SMILES string of the molecule is O=CN1CCNCC1(COc1cccnc1)c1ccc(Br)o1. The average molecular weight is 366 g/mol. The van der Waals surface area contributed by atoms with Crippen molar-refractivity contribution in [1.29, 1.82) is 0 Å². The fourth-order valence-electron chi connectivity index (χ4n) is 2.60. The van der Waals surface area contributed by atoms with E-state index >= 15 is 0 Å². The number of nitrogens with one attached hydrogen (secondary N) is 1. The van der Waals surface area contributed by atoms with Crippen molar-refractivity contribution in [2.45, 2.75) is 5.54 Å². The number of nitrogens with zero attached hydrogens (tertiary/aromatic N) is 2. The Hall–Kier alpha value is -1.86. The highest BCUT2D eigenvalue weighted by molar-refractivity contribution is 9.10. The minimum Gasteiger partial charge on any atom is -0.489 e. The molecule has 1 unspecified atom stereocenters. The summed E-state index contributed by atoms with van der Waals surface area (Å²) in [7, 11) is 0. The number of aromatic nitrogens is 1. The van der Waals surface area contributed by atoms with Gasteiger partial charge in [0, 0.05) is 25.8 Å². The molecule has 1 aliphatic heterocycles. The van der Waals surface area contributed by atoms with Crippen molar-refractivity contribution >= 4 is 22.3 Å². The lowest BCUT2D eigenvalue weighted by atomic mass is 9.93. The third kappa shape index (κ3) is 2.86. The molecule has 3 rings (SSSR count). The molecular formula is C15H16BrN3O3. The zero-order valence-electron chi connectivity index (χ0n) is 11.9. The van der Waals surface area contributed by atoms with Gasteiger partial charge in [0.15, 0.2) is 4.67 Å². The van der Waals surface area contributed by atoms with Crippen LogP contribution in [0.5, 0.6) is 5.75 Å². The van der Waals surface area contributed by atoms with E-state index in [0.717, 1.165) is 13.0 Å². The molecule has 1 fully saturated rings. The van der Waals surface area contributed by atoms with E-state index in [1.807, 2.05) is 24.3 Å². The molecule has 0 aliphatic carbocycles. The van der Waals surface area contributed by atoms with E-state index in [1.165, 1.54) is 0 Å². The van der Waals surface area contributed by atoms with Crippen LogP contribution in [0.1, 0.15) is 5.76 Å². The second-order valence-corrected chi connectivity index (χ2v) is 5.87. The summed E-state index contributed by atoms with van der Waals surface area (Å²) in [5.74, 6) is 1.34. The summed E-state index contributed by atoms with van der Waals surface area (Å²) in [5.41, 5.74) is -0.679. The van der Waals surface area contributed by atoms with Crippen LogP contribution in [0.2, 0.25) is 0 Å². The molecule has 22 heavy (non-hydrogen) atoms. The summed E-state index contributed by atoms with van der Waals surface area (Å²) in [6, 6.07) is 7.32. The molecule has 2 aromatic rings.